The van der Waals surface area contributed by atoms with Gasteiger partial charge in [-0.2, -0.15) is 0 Å². The van der Waals surface area contributed by atoms with Gasteiger partial charge in [0.15, 0.2) is 0 Å². The highest BCUT2D eigenvalue weighted by molar-refractivity contribution is 7.92. The standard InChI is InChI=1S/C14H22N2O4S/c1-6-13(14(17)15(2)3)16(21(5,18)19)11-7-9-12(20-4)10-8-11/h7-10,13H,6H2,1-5H3/t13-/m1/s1. The Bertz CT molecular complexity index is 581. The van der Waals surface area contributed by atoms with E-state index in [1.165, 1.54) is 12.0 Å². The molecule has 0 saturated carbocycles. The predicted molar refractivity (Wildman–Crippen MR) is 83.1 cm³/mol. The number of rotatable bonds is 6. The van der Waals surface area contributed by atoms with Crippen LogP contribution in [-0.4, -0.2) is 52.7 Å². The second kappa shape index (κ2) is 6.80. The smallest absolute Gasteiger partial charge is 0.245 e. The Morgan fingerprint density at radius 1 is 1.24 bits per heavy atom. The molecule has 0 radical (unpaired) electrons. The van der Waals surface area contributed by atoms with Crippen molar-refractivity contribution < 1.29 is 17.9 Å². The molecule has 1 rings (SSSR count). The van der Waals surface area contributed by atoms with Gasteiger partial charge in [0.05, 0.1) is 19.1 Å². The molecule has 1 aromatic rings. The zero-order chi connectivity index (χ0) is 16.2. The van der Waals surface area contributed by atoms with Crippen molar-refractivity contribution in [2.75, 3.05) is 31.8 Å². The third-order valence-corrected chi connectivity index (χ3v) is 4.26. The lowest BCUT2D eigenvalue weighted by Crippen LogP contribution is -2.48. The summed E-state index contributed by atoms with van der Waals surface area (Å²) >= 11 is 0. The molecule has 1 atom stereocenters. The van der Waals surface area contributed by atoms with E-state index in [1.807, 2.05) is 0 Å². The van der Waals surface area contributed by atoms with Crippen LogP contribution in [0.1, 0.15) is 13.3 Å². The van der Waals surface area contributed by atoms with Crippen LogP contribution < -0.4 is 9.04 Å². The lowest BCUT2D eigenvalue weighted by molar-refractivity contribution is -0.129. The van der Waals surface area contributed by atoms with Crippen molar-refractivity contribution >= 4 is 21.6 Å². The van der Waals surface area contributed by atoms with Crippen molar-refractivity contribution in [2.45, 2.75) is 19.4 Å². The van der Waals surface area contributed by atoms with Crippen LogP contribution in [0.4, 0.5) is 5.69 Å². The van der Waals surface area contributed by atoms with Gasteiger partial charge in [0.1, 0.15) is 11.8 Å². The Morgan fingerprint density at radius 3 is 2.10 bits per heavy atom. The number of amides is 1. The van der Waals surface area contributed by atoms with E-state index in [4.69, 9.17) is 4.74 Å². The highest BCUT2D eigenvalue weighted by Gasteiger charge is 2.32. The van der Waals surface area contributed by atoms with E-state index in [9.17, 15) is 13.2 Å². The first-order valence-electron chi connectivity index (χ1n) is 6.57. The molecule has 1 amide bonds. The minimum Gasteiger partial charge on any atom is -0.497 e. The summed E-state index contributed by atoms with van der Waals surface area (Å²) in [5.74, 6) is 0.373. The van der Waals surface area contributed by atoms with Crippen LogP contribution in [-0.2, 0) is 14.8 Å². The van der Waals surface area contributed by atoms with E-state index in [0.717, 1.165) is 10.6 Å². The number of likely N-dealkylation sites (N-methyl/N-ethyl adjacent to an activating group) is 1. The molecule has 0 aliphatic heterocycles. The number of ether oxygens (including phenoxy) is 1. The second-order valence-electron chi connectivity index (χ2n) is 4.91. The number of nitrogens with zero attached hydrogens (tertiary/aromatic N) is 2. The average molecular weight is 314 g/mol. The Balaban J connectivity index is 3.31. The number of carbonyl (C=O) groups is 1. The molecule has 6 nitrogen and oxygen atoms in total. The van der Waals surface area contributed by atoms with Crippen molar-refractivity contribution in [1.29, 1.82) is 0 Å². The van der Waals surface area contributed by atoms with E-state index in [1.54, 1.807) is 45.3 Å². The third-order valence-electron chi connectivity index (χ3n) is 3.08. The molecule has 1 aromatic carbocycles. The number of sulfonamides is 1. The van der Waals surface area contributed by atoms with Crippen molar-refractivity contribution in [3.05, 3.63) is 24.3 Å². The summed E-state index contributed by atoms with van der Waals surface area (Å²) in [7, 11) is 1.17. The molecule has 0 fully saturated rings. The molecule has 0 unspecified atom stereocenters. The van der Waals surface area contributed by atoms with E-state index < -0.39 is 16.1 Å². The second-order valence-corrected chi connectivity index (χ2v) is 6.77. The summed E-state index contributed by atoms with van der Waals surface area (Å²) in [6, 6.07) is 5.83. The number of hydrogen-bond acceptors (Lipinski definition) is 4. The van der Waals surface area contributed by atoms with Gasteiger partial charge in [0.25, 0.3) is 0 Å². The van der Waals surface area contributed by atoms with E-state index in [-0.39, 0.29) is 5.91 Å². The lowest BCUT2D eigenvalue weighted by atomic mass is 10.2. The normalized spacial score (nSPS) is 12.6. The Morgan fingerprint density at radius 2 is 1.76 bits per heavy atom. The van der Waals surface area contributed by atoms with Gasteiger partial charge in [-0.3, -0.25) is 9.10 Å². The molecule has 0 bridgehead atoms. The Labute approximate surface area is 126 Å². The summed E-state index contributed by atoms with van der Waals surface area (Å²) in [6.45, 7) is 1.79. The predicted octanol–water partition coefficient (Wildman–Crippen LogP) is 1.33. The van der Waals surface area contributed by atoms with Gasteiger partial charge in [0, 0.05) is 14.1 Å². The van der Waals surface area contributed by atoms with Crippen LogP contribution in [0, 0.1) is 0 Å². The molecule has 118 valence electrons. The molecule has 0 aliphatic rings. The largest absolute Gasteiger partial charge is 0.497 e. The molecule has 0 saturated heterocycles. The number of anilines is 1. The van der Waals surface area contributed by atoms with Crippen molar-refractivity contribution in [3.8, 4) is 5.75 Å². The quantitative estimate of drug-likeness (QED) is 0.794. The van der Waals surface area contributed by atoms with E-state index >= 15 is 0 Å². The molecule has 7 heteroatoms. The molecule has 0 aliphatic carbocycles. The first-order valence-corrected chi connectivity index (χ1v) is 8.41. The van der Waals surface area contributed by atoms with E-state index in [2.05, 4.69) is 0 Å². The van der Waals surface area contributed by atoms with Gasteiger partial charge < -0.3 is 9.64 Å². The van der Waals surface area contributed by atoms with Crippen LogP contribution in [0.3, 0.4) is 0 Å². The number of hydrogen-bond donors (Lipinski definition) is 0. The average Bonchev–Trinajstić information content (AvgIpc) is 2.42. The van der Waals surface area contributed by atoms with Crippen LogP contribution in [0.25, 0.3) is 0 Å². The number of benzene rings is 1. The van der Waals surface area contributed by atoms with Gasteiger partial charge >= 0.3 is 0 Å². The Kier molecular flexibility index (Phi) is 5.60. The minimum atomic E-state index is -3.58. The molecule has 0 aromatic heterocycles. The van der Waals surface area contributed by atoms with Crippen LogP contribution >= 0.6 is 0 Å². The summed E-state index contributed by atoms with van der Waals surface area (Å²) < 4.78 is 30.5. The fraction of sp³-hybridized carbons (Fsp3) is 0.500. The van der Waals surface area contributed by atoms with Gasteiger partial charge in [0.2, 0.25) is 15.9 Å². The maximum absolute atomic E-state index is 12.3. The molecule has 0 heterocycles. The van der Waals surface area contributed by atoms with Crippen molar-refractivity contribution in [2.24, 2.45) is 0 Å². The van der Waals surface area contributed by atoms with Crippen LogP contribution in [0.15, 0.2) is 24.3 Å². The van der Waals surface area contributed by atoms with Gasteiger partial charge in [-0.25, -0.2) is 8.42 Å². The van der Waals surface area contributed by atoms with Crippen molar-refractivity contribution in [1.82, 2.24) is 4.90 Å². The molecular formula is C14H22N2O4S. The maximum Gasteiger partial charge on any atom is 0.245 e. The van der Waals surface area contributed by atoms with Crippen LogP contribution in [0.5, 0.6) is 5.75 Å². The van der Waals surface area contributed by atoms with E-state index in [0.29, 0.717) is 17.9 Å². The highest BCUT2D eigenvalue weighted by atomic mass is 32.2. The van der Waals surface area contributed by atoms with Gasteiger partial charge in [-0.15, -0.1) is 0 Å². The summed E-state index contributed by atoms with van der Waals surface area (Å²) in [4.78, 5) is 13.7. The number of methoxy groups -OCH3 is 1. The fourth-order valence-electron chi connectivity index (χ4n) is 2.07. The highest BCUT2D eigenvalue weighted by Crippen LogP contribution is 2.25. The zero-order valence-electron chi connectivity index (χ0n) is 13.0. The number of carbonyl (C=O) groups excluding carboxylic acids is 1. The van der Waals surface area contributed by atoms with Gasteiger partial charge in [-0.1, -0.05) is 6.92 Å². The Hall–Kier alpha value is -1.76. The minimum absolute atomic E-state index is 0.251. The summed E-state index contributed by atoms with van der Waals surface area (Å²) in [6.07, 6.45) is 1.49. The van der Waals surface area contributed by atoms with Crippen molar-refractivity contribution in [3.63, 3.8) is 0 Å². The molecule has 21 heavy (non-hydrogen) atoms. The summed E-state index contributed by atoms with van der Waals surface area (Å²) in [5, 5.41) is 0. The topological polar surface area (TPSA) is 66.9 Å². The lowest BCUT2D eigenvalue weighted by Gasteiger charge is -2.31. The SMILES string of the molecule is CC[C@H](C(=O)N(C)C)N(c1ccc(OC)cc1)S(C)(=O)=O. The first-order chi connectivity index (χ1) is 9.72. The maximum atomic E-state index is 12.3. The fourth-order valence-corrected chi connectivity index (χ4v) is 3.28. The molecular weight excluding hydrogens is 292 g/mol. The first kappa shape index (κ1) is 17.3. The monoisotopic (exact) mass is 314 g/mol. The van der Waals surface area contributed by atoms with Gasteiger partial charge in [-0.05, 0) is 30.7 Å². The zero-order valence-corrected chi connectivity index (χ0v) is 13.8. The molecule has 0 N–H and O–H groups in total. The third kappa shape index (κ3) is 4.10. The summed E-state index contributed by atoms with van der Waals surface area (Å²) in [5.41, 5.74) is 0.445. The van der Waals surface area contributed by atoms with Crippen LogP contribution in [0.2, 0.25) is 0 Å². The molecule has 0 spiro atoms.